The Hall–Kier alpha value is -3.48. The van der Waals surface area contributed by atoms with Crippen molar-refractivity contribution in [3.63, 3.8) is 0 Å². The number of halogens is 2. The van der Waals surface area contributed by atoms with E-state index >= 15 is 4.39 Å². The van der Waals surface area contributed by atoms with E-state index in [9.17, 15) is 10.1 Å². The number of fused-ring (bicyclic) bond motifs is 3. The number of rotatable bonds is 3. The van der Waals surface area contributed by atoms with Crippen LogP contribution in [-0.4, -0.2) is 57.0 Å². The summed E-state index contributed by atoms with van der Waals surface area (Å²) in [4.78, 5) is 24.0. The maximum atomic E-state index is 16.4. The lowest BCUT2D eigenvalue weighted by Gasteiger charge is -2.36. The van der Waals surface area contributed by atoms with Crippen LogP contribution in [0, 0.1) is 31.0 Å². The number of likely N-dealkylation sites (tertiary alicyclic amines) is 1. The Morgan fingerprint density at radius 2 is 2.07 bits per heavy atom. The predicted molar refractivity (Wildman–Crippen MR) is 163 cm³/mol. The Balaban J connectivity index is 1.65. The first-order chi connectivity index (χ1) is 19.4. The number of hydrogen-bond acceptors (Lipinski definition) is 6. The number of aryl methyl sites for hydroxylation is 2. The third-order valence-corrected chi connectivity index (χ3v) is 8.55. The molecule has 0 bridgehead atoms. The van der Waals surface area contributed by atoms with Crippen molar-refractivity contribution in [3.8, 4) is 17.2 Å². The molecule has 0 aliphatic carbocycles. The zero-order valence-corrected chi connectivity index (χ0v) is 25.6. The lowest BCUT2D eigenvalue weighted by molar-refractivity contribution is -0.292. The molecule has 3 heterocycles. The van der Waals surface area contributed by atoms with Crippen molar-refractivity contribution in [1.29, 1.82) is 5.26 Å². The normalized spacial score (nSPS) is 18.5. The average molecular weight is 593 g/mol. The van der Waals surface area contributed by atoms with Crippen LogP contribution in [0.3, 0.4) is 0 Å². The first kappa shape index (κ1) is 29.0. The van der Waals surface area contributed by atoms with Crippen molar-refractivity contribution in [2.75, 3.05) is 12.8 Å². The molecule has 0 spiro atoms. The number of piperidine rings is 1. The van der Waals surface area contributed by atoms with Crippen LogP contribution >= 0.6 is 23.4 Å². The minimum atomic E-state index is -0.636. The van der Waals surface area contributed by atoms with Gasteiger partial charge in [-0.1, -0.05) is 29.8 Å². The van der Waals surface area contributed by atoms with Crippen LogP contribution in [0.5, 0.6) is 0 Å². The minimum absolute atomic E-state index is 0.169. The summed E-state index contributed by atoms with van der Waals surface area (Å²) in [6.07, 6.45) is 4.41. The van der Waals surface area contributed by atoms with Gasteiger partial charge in [0.15, 0.2) is 16.5 Å². The molecular weight excluding hydrogens is 561 g/mol. The van der Waals surface area contributed by atoms with Gasteiger partial charge < -0.3 is 9.64 Å². The van der Waals surface area contributed by atoms with Gasteiger partial charge >= 0.3 is 6.09 Å². The van der Waals surface area contributed by atoms with Gasteiger partial charge in [0.2, 0.25) is 0 Å². The molecule has 1 amide bonds. The lowest BCUT2D eigenvalue weighted by atomic mass is 9.95. The Kier molecular flexibility index (Phi) is 7.84. The summed E-state index contributed by atoms with van der Waals surface area (Å²) >= 11 is 8.04. The largest absolute Gasteiger partial charge is 0.444 e. The fourth-order valence-electron chi connectivity index (χ4n) is 5.51. The van der Waals surface area contributed by atoms with Crippen molar-refractivity contribution in [3.05, 3.63) is 46.2 Å². The summed E-state index contributed by atoms with van der Waals surface area (Å²) < 4.78 is 24.0. The molecular formula is C31H32ClFN5O2S+. The van der Waals surface area contributed by atoms with Gasteiger partial charge in [-0.05, 0) is 63.1 Å². The molecule has 2 aliphatic heterocycles. The molecule has 0 radical (unpaired) electrons. The second-order valence-corrected chi connectivity index (χ2v) is 12.5. The molecule has 5 rings (SSSR count). The number of carbonyl (C=O) groups is 1. The number of aromatic nitrogens is 1. The molecule has 7 nitrogen and oxygen atoms in total. The van der Waals surface area contributed by atoms with Crippen LogP contribution < -0.4 is 0 Å². The Labute approximate surface area is 248 Å². The van der Waals surface area contributed by atoms with Crippen molar-refractivity contribution < 1.29 is 18.5 Å². The highest BCUT2D eigenvalue weighted by Crippen LogP contribution is 2.47. The molecule has 2 aliphatic rings. The van der Waals surface area contributed by atoms with E-state index in [1.165, 1.54) is 11.8 Å². The zero-order valence-electron chi connectivity index (χ0n) is 24.0. The Morgan fingerprint density at radius 1 is 1.32 bits per heavy atom. The summed E-state index contributed by atoms with van der Waals surface area (Å²) in [5.74, 6) is -0.426. The molecule has 212 valence electrons. The number of hydrogen-bond donors (Lipinski definition) is 0. The van der Waals surface area contributed by atoms with E-state index in [2.05, 4.69) is 6.07 Å². The number of amides is 1. The van der Waals surface area contributed by atoms with E-state index < -0.39 is 17.5 Å². The van der Waals surface area contributed by atoms with Gasteiger partial charge in [0.1, 0.15) is 11.1 Å². The van der Waals surface area contributed by atoms with Crippen LogP contribution in [0.2, 0.25) is 5.02 Å². The highest BCUT2D eigenvalue weighted by atomic mass is 35.5. The maximum Gasteiger partial charge on any atom is 0.410 e. The Morgan fingerprint density at radius 3 is 2.76 bits per heavy atom. The quantitative estimate of drug-likeness (QED) is 0.227. The van der Waals surface area contributed by atoms with E-state index in [-0.39, 0.29) is 18.0 Å². The lowest BCUT2D eigenvalue weighted by Crippen LogP contribution is -2.49. The van der Waals surface area contributed by atoms with Crippen LogP contribution in [0.15, 0.2) is 34.3 Å². The summed E-state index contributed by atoms with van der Waals surface area (Å²) in [7, 11) is 0. The van der Waals surface area contributed by atoms with Gasteiger partial charge in [-0.25, -0.2) is 14.2 Å². The number of nitriles is 1. The number of ether oxygens (including phenoxy) is 1. The second-order valence-electron chi connectivity index (χ2n) is 11.4. The molecule has 1 saturated heterocycles. The fraction of sp³-hybridized carbons (Fsp3) is 0.387. The number of benzene rings is 2. The number of aliphatic imine (C=N–C) groups is 1. The summed E-state index contributed by atoms with van der Waals surface area (Å²) in [5.41, 5.74) is 4.73. The number of pyridine rings is 1. The third-order valence-electron chi connectivity index (χ3n) is 7.38. The first-order valence-corrected chi connectivity index (χ1v) is 15.1. The SMILES string of the molecule is CSc1nc2c(F)c(-c3cccc(C)c3Cl)c(C)cc2c2c1N=C[N+]2=C1CCN(C(=O)OC(C)(C)C)[C@H](CC#N)C1. The zero-order chi connectivity index (χ0) is 29.6. The van der Waals surface area contributed by atoms with E-state index in [4.69, 9.17) is 26.3 Å². The van der Waals surface area contributed by atoms with Crippen LogP contribution in [0.1, 0.15) is 51.2 Å². The number of thioether (sulfide) groups is 1. The van der Waals surface area contributed by atoms with Crippen LogP contribution in [0.25, 0.3) is 22.0 Å². The number of nitrogens with zero attached hydrogens (tertiary/aromatic N) is 5. The van der Waals surface area contributed by atoms with Crippen molar-refractivity contribution in [2.45, 2.75) is 70.6 Å². The molecule has 0 saturated carbocycles. The second kappa shape index (κ2) is 11.1. The van der Waals surface area contributed by atoms with Gasteiger partial charge in [0, 0.05) is 30.5 Å². The summed E-state index contributed by atoms with van der Waals surface area (Å²) in [5, 5.41) is 11.3. The predicted octanol–water partition coefficient (Wildman–Crippen LogP) is 8.10. The maximum absolute atomic E-state index is 16.4. The molecule has 0 N–H and O–H groups in total. The van der Waals surface area contributed by atoms with Crippen molar-refractivity contribution >= 4 is 63.8 Å². The molecule has 1 aromatic heterocycles. The number of carbonyl (C=O) groups excluding carboxylic acids is 1. The first-order valence-electron chi connectivity index (χ1n) is 13.5. The van der Waals surface area contributed by atoms with Crippen LogP contribution in [0.4, 0.5) is 20.6 Å². The fourth-order valence-corrected chi connectivity index (χ4v) is 6.26. The molecule has 2 aromatic carbocycles. The third kappa shape index (κ3) is 5.31. The Bertz CT molecular complexity index is 1690. The van der Waals surface area contributed by atoms with E-state index in [1.54, 1.807) is 11.2 Å². The molecule has 3 aromatic rings. The highest BCUT2D eigenvalue weighted by molar-refractivity contribution is 7.98. The summed E-state index contributed by atoms with van der Waals surface area (Å²) in [6.45, 7) is 9.65. The smallest absolute Gasteiger partial charge is 0.410 e. The minimum Gasteiger partial charge on any atom is -0.444 e. The van der Waals surface area contributed by atoms with Gasteiger partial charge in [-0.2, -0.15) is 9.84 Å². The average Bonchev–Trinajstić information content (AvgIpc) is 3.36. The molecule has 41 heavy (non-hydrogen) atoms. The highest BCUT2D eigenvalue weighted by Gasteiger charge is 2.38. The van der Waals surface area contributed by atoms with Gasteiger partial charge in [-0.15, -0.1) is 11.8 Å². The monoisotopic (exact) mass is 592 g/mol. The molecule has 0 unspecified atom stereocenters. The summed E-state index contributed by atoms with van der Waals surface area (Å²) in [6, 6.07) is 9.42. The van der Waals surface area contributed by atoms with Gasteiger partial charge in [-0.3, -0.25) is 0 Å². The van der Waals surface area contributed by atoms with Crippen molar-refractivity contribution in [2.24, 2.45) is 4.99 Å². The topological polar surface area (TPSA) is 81.6 Å². The molecule has 10 heteroatoms. The standard InChI is InChI=1S/C31H32ClFN5O2S/c1-17-8-7-9-21(24(17)32)23-18(2)14-22-26(25(23)33)36-29(41-6)27-28(22)38(16-35-27)20-11-13-37(19(15-20)10-12-34)30(39)40-31(3,4)5/h7-9,14,16,19H,10-11,13,15H2,1-6H3/q+1/t19-/m1/s1. The van der Waals surface area contributed by atoms with Gasteiger partial charge in [0.25, 0.3) is 12.0 Å². The van der Waals surface area contributed by atoms with E-state index in [0.29, 0.717) is 51.6 Å². The van der Waals surface area contributed by atoms with Crippen molar-refractivity contribution in [1.82, 2.24) is 9.88 Å². The molecule has 1 fully saturated rings. The van der Waals surface area contributed by atoms with E-state index in [0.717, 1.165) is 22.5 Å². The van der Waals surface area contributed by atoms with Crippen LogP contribution in [-0.2, 0) is 4.74 Å². The van der Waals surface area contributed by atoms with Gasteiger partial charge in [0.05, 0.1) is 34.7 Å². The molecule has 1 atom stereocenters. The van der Waals surface area contributed by atoms with E-state index in [1.807, 2.05) is 69.7 Å².